The number of amides is 1. The van der Waals surface area contributed by atoms with E-state index in [2.05, 4.69) is 0 Å². The molecule has 2 atom stereocenters. The molecule has 2 heterocycles. The molecule has 1 fully saturated rings. The van der Waals surface area contributed by atoms with Gasteiger partial charge >= 0.3 is 0 Å². The number of likely N-dealkylation sites (tertiary alicyclic amines) is 1. The third-order valence-corrected chi connectivity index (χ3v) is 3.94. The highest BCUT2D eigenvalue weighted by Gasteiger charge is 2.31. The maximum absolute atomic E-state index is 12.4. The Labute approximate surface area is 113 Å². The normalized spacial score (nSPS) is 26.5. The summed E-state index contributed by atoms with van der Waals surface area (Å²) in [5.74, 6) is 0.902. The molecule has 102 valence electrons. The van der Waals surface area contributed by atoms with Gasteiger partial charge in [-0.05, 0) is 30.9 Å². The largest absolute Gasteiger partial charge is 0.492 e. The number of hydrogen-bond acceptors (Lipinski definition) is 3. The first-order valence-electron chi connectivity index (χ1n) is 6.91. The standard InChI is InChI=1S/C15H19NO3/c17-13-5-3-7-16(9-13)15(18)12-8-11-4-1-2-6-14(11)19-10-12/h1-2,4,6,12-13,17H,3,5,7-10H2. The van der Waals surface area contributed by atoms with Crippen LogP contribution in [0.3, 0.4) is 0 Å². The van der Waals surface area contributed by atoms with Gasteiger partial charge in [-0.15, -0.1) is 0 Å². The molecule has 1 saturated heterocycles. The molecule has 4 heteroatoms. The first kappa shape index (κ1) is 12.5. The van der Waals surface area contributed by atoms with Gasteiger partial charge in [0.2, 0.25) is 5.91 Å². The highest BCUT2D eigenvalue weighted by Crippen LogP contribution is 2.28. The van der Waals surface area contributed by atoms with E-state index in [1.54, 1.807) is 4.90 Å². The highest BCUT2D eigenvalue weighted by atomic mass is 16.5. The summed E-state index contributed by atoms with van der Waals surface area (Å²) in [5, 5.41) is 9.66. The molecule has 0 aromatic heterocycles. The summed E-state index contributed by atoms with van der Waals surface area (Å²) in [4.78, 5) is 14.2. The van der Waals surface area contributed by atoms with Crippen molar-refractivity contribution in [2.24, 2.45) is 5.92 Å². The second kappa shape index (κ2) is 5.21. The van der Waals surface area contributed by atoms with Crippen LogP contribution in [0.15, 0.2) is 24.3 Å². The van der Waals surface area contributed by atoms with Crippen LogP contribution in [0.5, 0.6) is 5.75 Å². The maximum atomic E-state index is 12.4. The first-order chi connectivity index (χ1) is 9.24. The number of β-amino-alcohol motifs (C(OH)–C–C–N with tert-alkyl or cyclic N) is 1. The van der Waals surface area contributed by atoms with Crippen LogP contribution in [-0.4, -0.2) is 41.7 Å². The lowest BCUT2D eigenvalue weighted by Crippen LogP contribution is -2.47. The van der Waals surface area contributed by atoms with Crippen molar-refractivity contribution in [1.29, 1.82) is 0 Å². The quantitative estimate of drug-likeness (QED) is 0.827. The Bertz CT molecular complexity index is 474. The number of benzene rings is 1. The smallest absolute Gasteiger partial charge is 0.229 e. The third-order valence-electron chi connectivity index (χ3n) is 3.94. The lowest BCUT2D eigenvalue weighted by atomic mass is 9.94. The van der Waals surface area contributed by atoms with Gasteiger partial charge in [-0.3, -0.25) is 4.79 Å². The number of piperidine rings is 1. The number of aliphatic hydroxyl groups is 1. The van der Waals surface area contributed by atoms with Gasteiger partial charge in [-0.1, -0.05) is 18.2 Å². The van der Waals surface area contributed by atoms with Crippen molar-refractivity contribution in [3.63, 3.8) is 0 Å². The average Bonchev–Trinajstić information content (AvgIpc) is 2.46. The van der Waals surface area contributed by atoms with Crippen molar-refractivity contribution in [3.8, 4) is 5.75 Å². The number of carbonyl (C=O) groups excluding carboxylic acids is 1. The summed E-state index contributed by atoms with van der Waals surface area (Å²) in [6.45, 7) is 1.67. The van der Waals surface area contributed by atoms with Crippen molar-refractivity contribution in [1.82, 2.24) is 4.90 Å². The van der Waals surface area contributed by atoms with Gasteiger partial charge in [0.1, 0.15) is 12.4 Å². The van der Waals surface area contributed by atoms with Crippen LogP contribution >= 0.6 is 0 Å². The zero-order valence-electron chi connectivity index (χ0n) is 10.9. The number of nitrogens with zero attached hydrogens (tertiary/aromatic N) is 1. The molecule has 0 bridgehead atoms. The van der Waals surface area contributed by atoms with Crippen LogP contribution in [-0.2, 0) is 11.2 Å². The molecular weight excluding hydrogens is 242 g/mol. The fraction of sp³-hybridized carbons (Fsp3) is 0.533. The molecular formula is C15H19NO3. The van der Waals surface area contributed by atoms with Crippen LogP contribution < -0.4 is 4.74 Å². The van der Waals surface area contributed by atoms with Gasteiger partial charge in [0.05, 0.1) is 12.0 Å². The Morgan fingerprint density at radius 1 is 1.37 bits per heavy atom. The van der Waals surface area contributed by atoms with Crippen molar-refractivity contribution in [2.75, 3.05) is 19.7 Å². The highest BCUT2D eigenvalue weighted by molar-refractivity contribution is 5.80. The maximum Gasteiger partial charge on any atom is 0.229 e. The van der Waals surface area contributed by atoms with Gasteiger partial charge in [0.25, 0.3) is 0 Å². The van der Waals surface area contributed by atoms with E-state index in [0.717, 1.165) is 37.1 Å². The lowest BCUT2D eigenvalue weighted by Gasteiger charge is -2.34. The van der Waals surface area contributed by atoms with E-state index < -0.39 is 0 Å². The molecule has 1 aromatic rings. The van der Waals surface area contributed by atoms with E-state index in [0.29, 0.717) is 13.2 Å². The number of hydrogen-bond donors (Lipinski definition) is 1. The minimum absolute atomic E-state index is 0.111. The van der Waals surface area contributed by atoms with E-state index in [1.165, 1.54) is 0 Å². The summed E-state index contributed by atoms with van der Waals surface area (Å²) in [5.41, 5.74) is 1.10. The summed E-state index contributed by atoms with van der Waals surface area (Å²) in [7, 11) is 0. The zero-order chi connectivity index (χ0) is 13.2. The van der Waals surface area contributed by atoms with Gasteiger partial charge in [0.15, 0.2) is 0 Å². The Morgan fingerprint density at radius 3 is 3.05 bits per heavy atom. The predicted octanol–water partition coefficient (Wildman–Crippen LogP) is 1.22. The fourth-order valence-corrected chi connectivity index (χ4v) is 2.90. The molecule has 0 spiro atoms. The Kier molecular flexibility index (Phi) is 3.42. The number of para-hydroxylation sites is 1. The Balaban J connectivity index is 1.69. The van der Waals surface area contributed by atoms with E-state index in [4.69, 9.17) is 4.74 Å². The molecule has 0 saturated carbocycles. The molecule has 0 aliphatic carbocycles. The second-order valence-corrected chi connectivity index (χ2v) is 5.40. The SMILES string of the molecule is O=C(C1COc2ccccc2C1)N1CCCC(O)C1. The molecule has 2 aliphatic heterocycles. The van der Waals surface area contributed by atoms with Crippen molar-refractivity contribution in [3.05, 3.63) is 29.8 Å². The van der Waals surface area contributed by atoms with Crippen molar-refractivity contribution < 1.29 is 14.6 Å². The summed E-state index contributed by atoms with van der Waals surface area (Å²) < 4.78 is 5.66. The van der Waals surface area contributed by atoms with Crippen molar-refractivity contribution >= 4 is 5.91 Å². The van der Waals surface area contributed by atoms with Crippen LogP contribution in [0.1, 0.15) is 18.4 Å². The molecule has 4 nitrogen and oxygen atoms in total. The van der Waals surface area contributed by atoms with E-state index in [9.17, 15) is 9.90 Å². The summed E-state index contributed by atoms with van der Waals surface area (Å²) >= 11 is 0. The number of carbonyl (C=O) groups is 1. The van der Waals surface area contributed by atoms with Gasteiger partial charge in [0, 0.05) is 13.1 Å². The average molecular weight is 261 g/mol. The molecule has 2 unspecified atom stereocenters. The minimum Gasteiger partial charge on any atom is -0.492 e. The van der Waals surface area contributed by atoms with Crippen molar-refractivity contribution in [2.45, 2.75) is 25.4 Å². The number of rotatable bonds is 1. The van der Waals surface area contributed by atoms with E-state index in [-0.39, 0.29) is 17.9 Å². The number of fused-ring (bicyclic) bond motifs is 1. The van der Waals surface area contributed by atoms with Gasteiger partial charge in [-0.2, -0.15) is 0 Å². The van der Waals surface area contributed by atoms with Crippen LogP contribution in [0.25, 0.3) is 0 Å². The molecule has 1 aromatic carbocycles. The topological polar surface area (TPSA) is 49.8 Å². The Hall–Kier alpha value is -1.55. The second-order valence-electron chi connectivity index (χ2n) is 5.40. The lowest BCUT2D eigenvalue weighted by molar-refractivity contribution is -0.140. The molecule has 19 heavy (non-hydrogen) atoms. The zero-order valence-corrected chi connectivity index (χ0v) is 10.9. The van der Waals surface area contributed by atoms with Gasteiger partial charge in [-0.25, -0.2) is 0 Å². The van der Waals surface area contributed by atoms with Crippen LogP contribution in [0, 0.1) is 5.92 Å². The predicted molar refractivity (Wildman–Crippen MR) is 71.0 cm³/mol. The fourth-order valence-electron chi connectivity index (χ4n) is 2.90. The van der Waals surface area contributed by atoms with Gasteiger partial charge < -0.3 is 14.7 Å². The molecule has 3 rings (SSSR count). The third kappa shape index (κ3) is 2.59. The summed E-state index contributed by atoms with van der Waals surface area (Å²) in [6, 6.07) is 7.88. The van der Waals surface area contributed by atoms with E-state index >= 15 is 0 Å². The van der Waals surface area contributed by atoms with E-state index in [1.807, 2.05) is 24.3 Å². The number of aliphatic hydroxyl groups excluding tert-OH is 1. The Morgan fingerprint density at radius 2 is 2.21 bits per heavy atom. The van der Waals surface area contributed by atoms with Crippen LogP contribution in [0.4, 0.5) is 0 Å². The molecule has 2 aliphatic rings. The summed E-state index contributed by atoms with van der Waals surface area (Å²) in [6.07, 6.45) is 2.06. The minimum atomic E-state index is -0.366. The molecule has 0 radical (unpaired) electrons. The number of ether oxygens (including phenoxy) is 1. The first-order valence-corrected chi connectivity index (χ1v) is 6.91. The monoisotopic (exact) mass is 261 g/mol. The molecule has 1 amide bonds. The molecule has 1 N–H and O–H groups in total. The van der Waals surface area contributed by atoms with Crippen LogP contribution in [0.2, 0.25) is 0 Å².